The zero-order valence-corrected chi connectivity index (χ0v) is 31.1. The summed E-state index contributed by atoms with van der Waals surface area (Å²) in [5.41, 5.74) is 10.8. The lowest BCUT2D eigenvalue weighted by molar-refractivity contribution is -0.139. The maximum absolute atomic E-state index is 11.0. The molecule has 0 aliphatic heterocycles. The second-order valence-electron chi connectivity index (χ2n) is 12.7. The second kappa shape index (κ2) is 22.6. The molecule has 5 rings (SSSR count). The fraction of sp³-hybridized carbons (Fsp3) is 0.208. The van der Waals surface area contributed by atoms with Gasteiger partial charge in [-0.2, -0.15) is 5.26 Å². The van der Waals surface area contributed by atoms with Crippen LogP contribution in [0, 0.1) is 11.3 Å². The van der Waals surface area contributed by atoms with Crippen molar-refractivity contribution in [2.75, 3.05) is 6.61 Å². The Hall–Kier alpha value is -6.32. The summed E-state index contributed by atoms with van der Waals surface area (Å²) in [4.78, 5) is 26.5. The van der Waals surface area contributed by atoms with Gasteiger partial charge in [-0.25, -0.2) is 9.59 Å². The average Bonchev–Trinajstić information content (AvgIpc) is 3.23. The van der Waals surface area contributed by atoms with Crippen molar-refractivity contribution in [2.45, 2.75) is 58.5 Å². The Morgan fingerprint density at radius 3 is 1.63 bits per heavy atom. The normalized spacial score (nSPS) is 10.4. The van der Waals surface area contributed by atoms with Crippen molar-refractivity contribution >= 4 is 23.8 Å². The van der Waals surface area contributed by atoms with Crippen LogP contribution in [-0.2, 0) is 38.5 Å². The Morgan fingerprint density at radius 1 is 0.611 bits per heavy atom. The van der Waals surface area contributed by atoms with Crippen molar-refractivity contribution in [1.82, 2.24) is 0 Å². The van der Waals surface area contributed by atoms with Crippen molar-refractivity contribution in [3.63, 3.8) is 0 Å². The number of aliphatic imine (C=N–C) groups is 1. The van der Waals surface area contributed by atoms with E-state index in [0.717, 1.165) is 66.1 Å². The van der Waals surface area contributed by atoms with Crippen molar-refractivity contribution in [1.29, 1.82) is 5.26 Å². The van der Waals surface area contributed by atoms with Crippen LogP contribution in [0.1, 0.15) is 66.8 Å². The molecule has 0 radical (unpaired) electrons. The molecule has 0 atom stereocenters. The number of ether oxygens (including phenoxy) is 2. The highest BCUT2D eigenvalue weighted by molar-refractivity contribution is 5.82. The summed E-state index contributed by atoms with van der Waals surface area (Å²) in [5.74, 6) is -0.765. The van der Waals surface area contributed by atoms with Crippen LogP contribution < -0.4 is 0 Å². The van der Waals surface area contributed by atoms with Gasteiger partial charge in [0.1, 0.15) is 6.61 Å². The van der Waals surface area contributed by atoms with Crippen LogP contribution in [0.5, 0.6) is 0 Å². The van der Waals surface area contributed by atoms with Crippen LogP contribution >= 0.6 is 0 Å². The van der Waals surface area contributed by atoms with Gasteiger partial charge >= 0.3 is 11.9 Å². The monoisotopic (exact) mass is 716 g/mol. The van der Waals surface area contributed by atoms with Gasteiger partial charge in [0.2, 0.25) is 0 Å². The molecule has 5 aromatic carbocycles. The molecule has 5 aromatic rings. The Kier molecular flexibility index (Phi) is 16.9. The molecule has 0 heterocycles. The molecule has 0 aliphatic rings. The zero-order chi connectivity index (χ0) is 38.4. The van der Waals surface area contributed by atoms with Crippen LogP contribution in [0.2, 0.25) is 0 Å². The van der Waals surface area contributed by atoms with Crippen LogP contribution in [0.3, 0.4) is 0 Å². The van der Waals surface area contributed by atoms with E-state index in [1.807, 2.05) is 66.9 Å². The Morgan fingerprint density at radius 2 is 1.09 bits per heavy atom. The number of nitrogens with zero attached hydrogens (tertiary/aromatic N) is 2. The number of hydrogen-bond acceptors (Lipinski definition) is 6. The van der Waals surface area contributed by atoms with Gasteiger partial charge in [-0.05, 0) is 107 Å². The van der Waals surface area contributed by atoms with Crippen molar-refractivity contribution < 1.29 is 19.1 Å². The van der Waals surface area contributed by atoms with E-state index in [9.17, 15) is 9.59 Å². The zero-order valence-electron chi connectivity index (χ0n) is 31.1. The number of carbonyl (C=O) groups excluding carboxylic acids is 2. The van der Waals surface area contributed by atoms with Gasteiger partial charge in [0.05, 0.1) is 23.9 Å². The van der Waals surface area contributed by atoms with Crippen LogP contribution in [0.4, 0.5) is 5.69 Å². The summed E-state index contributed by atoms with van der Waals surface area (Å²) in [6.45, 7) is 9.67. The second-order valence-corrected chi connectivity index (χ2v) is 12.7. The third kappa shape index (κ3) is 14.0. The lowest BCUT2D eigenvalue weighted by atomic mass is 9.98. The number of hydrogen-bond donors (Lipinski definition) is 0. The number of nitriles is 1. The molecule has 54 heavy (non-hydrogen) atoms. The van der Waals surface area contributed by atoms with Crippen molar-refractivity contribution in [2.24, 2.45) is 4.99 Å². The quantitative estimate of drug-likeness (QED) is 0.0414. The first-order chi connectivity index (χ1) is 26.4. The molecule has 0 unspecified atom stereocenters. The van der Waals surface area contributed by atoms with Gasteiger partial charge in [-0.1, -0.05) is 124 Å². The van der Waals surface area contributed by atoms with Crippen LogP contribution in [-0.4, -0.2) is 24.8 Å². The Balaban J connectivity index is 0.000000247. The fourth-order valence-corrected chi connectivity index (χ4v) is 5.49. The first-order valence-corrected chi connectivity index (χ1v) is 18.4. The summed E-state index contributed by atoms with van der Waals surface area (Å²) >= 11 is 0. The van der Waals surface area contributed by atoms with Crippen LogP contribution in [0.15, 0.2) is 152 Å². The number of unbranched alkanes of at least 4 members (excludes halogenated alkanes) is 3. The molecule has 274 valence electrons. The molecule has 6 heteroatoms. The van der Waals surface area contributed by atoms with Crippen molar-refractivity contribution in [3.8, 4) is 28.3 Å². The first kappa shape index (κ1) is 40.5. The smallest absolute Gasteiger partial charge is 0.330 e. The van der Waals surface area contributed by atoms with E-state index in [1.54, 1.807) is 0 Å². The lowest BCUT2D eigenvalue weighted by Gasteiger charge is -2.07. The SMILES string of the molecule is C=CC(=O)OCCCCCc1ccc(-c2ccc(-c3ccc(C#N)cc3)cc2)cc1.C=CC(=O)OCc1ccc(C=Nc2ccc(CCCC)cc2)cc1. The van der Waals surface area contributed by atoms with E-state index in [4.69, 9.17) is 14.7 Å². The number of rotatable bonds is 17. The van der Waals surface area contributed by atoms with E-state index in [0.29, 0.717) is 12.2 Å². The topological polar surface area (TPSA) is 88.8 Å². The third-order valence-corrected chi connectivity index (χ3v) is 8.69. The van der Waals surface area contributed by atoms with Gasteiger partial charge < -0.3 is 9.47 Å². The molecule has 6 nitrogen and oxygen atoms in total. The van der Waals surface area contributed by atoms with Gasteiger partial charge in [-0.15, -0.1) is 0 Å². The molecular formula is C48H48N2O4. The summed E-state index contributed by atoms with van der Waals surface area (Å²) in [6.07, 6.45) is 11.7. The van der Waals surface area contributed by atoms with Gasteiger partial charge in [-0.3, -0.25) is 4.99 Å². The summed E-state index contributed by atoms with van der Waals surface area (Å²) in [5, 5.41) is 8.92. The standard InChI is InChI=1S/C27H25NO2.C21H23NO2/c1-2-27(29)30-19-5-3-4-6-21-7-11-23(12-8-21)25-15-17-26(18-16-25)24-13-9-22(20-28)10-14-24;1-3-5-6-17-11-13-20(14-12-17)22-15-18-7-9-19(10-8-18)16-24-21(23)4-2/h2,7-18H,1,3-6,19H2;4,7-15H,2-3,5-6,16H2,1H3. The largest absolute Gasteiger partial charge is 0.463 e. The summed E-state index contributed by atoms with van der Waals surface area (Å²) in [6, 6.07) is 43.1. The molecule has 0 saturated heterocycles. The van der Waals surface area contributed by atoms with E-state index >= 15 is 0 Å². The highest BCUT2D eigenvalue weighted by Crippen LogP contribution is 2.26. The highest BCUT2D eigenvalue weighted by Gasteiger charge is 2.03. The number of benzene rings is 5. The molecule has 0 aliphatic carbocycles. The Labute approximate surface area is 320 Å². The van der Waals surface area contributed by atoms with Gasteiger partial charge in [0.25, 0.3) is 0 Å². The first-order valence-electron chi connectivity index (χ1n) is 18.4. The molecule has 0 saturated carbocycles. The minimum absolute atomic E-state index is 0.251. The maximum atomic E-state index is 11.0. The lowest BCUT2D eigenvalue weighted by Crippen LogP contribution is -2.01. The molecule has 0 N–H and O–H groups in total. The Bertz CT molecular complexity index is 1990. The minimum atomic E-state index is -0.414. The van der Waals surface area contributed by atoms with E-state index in [-0.39, 0.29) is 12.6 Å². The predicted molar refractivity (Wildman–Crippen MR) is 219 cm³/mol. The van der Waals surface area contributed by atoms with Crippen LogP contribution in [0.25, 0.3) is 22.3 Å². The van der Waals surface area contributed by atoms with E-state index in [1.165, 1.54) is 41.2 Å². The molecular weight excluding hydrogens is 669 g/mol. The molecule has 0 spiro atoms. The number of carbonyl (C=O) groups is 2. The highest BCUT2D eigenvalue weighted by atomic mass is 16.5. The predicted octanol–water partition coefficient (Wildman–Crippen LogP) is 11.3. The summed E-state index contributed by atoms with van der Waals surface area (Å²) < 4.78 is 9.98. The summed E-state index contributed by atoms with van der Waals surface area (Å²) in [7, 11) is 0. The van der Waals surface area contributed by atoms with E-state index in [2.05, 4.69) is 91.8 Å². The third-order valence-electron chi connectivity index (χ3n) is 8.69. The molecule has 0 bridgehead atoms. The molecule has 0 aromatic heterocycles. The maximum Gasteiger partial charge on any atom is 0.330 e. The number of aryl methyl sites for hydroxylation is 2. The van der Waals surface area contributed by atoms with Crippen molar-refractivity contribution in [3.05, 3.63) is 174 Å². The van der Waals surface area contributed by atoms with Gasteiger partial charge in [0.15, 0.2) is 0 Å². The molecule has 0 fully saturated rings. The molecule has 0 amide bonds. The van der Waals surface area contributed by atoms with E-state index < -0.39 is 5.97 Å². The average molecular weight is 717 g/mol. The minimum Gasteiger partial charge on any atom is -0.463 e. The fourth-order valence-electron chi connectivity index (χ4n) is 5.49. The van der Waals surface area contributed by atoms with Gasteiger partial charge in [0, 0.05) is 18.4 Å². The number of esters is 2.